The van der Waals surface area contributed by atoms with E-state index in [-0.39, 0.29) is 23.8 Å². The van der Waals surface area contributed by atoms with Crippen molar-refractivity contribution >= 4 is 34.2 Å². The molecule has 3 N–H and O–H groups in total. The lowest BCUT2D eigenvalue weighted by atomic mass is 9.97. The van der Waals surface area contributed by atoms with Crippen molar-refractivity contribution in [2.24, 2.45) is 11.7 Å². The quantitative estimate of drug-likeness (QED) is 0.636. The first-order chi connectivity index (χ1) is 14.9. The molecule has 0 radical (unpaired) electrons. The summed E-state index contributed by atoms with van der Waals surface area (Å²) in [7, 11) is 0. The van der Waals surface area contributed by atoms with E-state index in [9.17, 15) is 18.8 Å². The number of nitrogens with two attached hydrogens (primary N) is 1. The molecule has 4 rings (SSSR count). The second kappa shape index (κ2) is 8.50. The minimum atomic E-state index is -0.546. The van der Waals surface area contributed by atoms with Crippen molar-refractivity contribution in [1.82, 2.24) is 14.5 Å². The molecule has 1 aromatic carbocycles. The Morgan fingerprint density at radius 1 is 1.23 bits per heavy atom. The molecule has 0 saturated carbocycles. The summed E-state index contributed by atoms with van der Waals surface area (Å²) in [6, 6.07) is 7.19. The third-order valence-electron chi connectivity index (χ3n) is 5.28. The van der Waals surface area contributed by atoms with Crippen molar-refractivity contribution in [2.75, 3.05) is 23.3 Å². The largest absolute Gasteiger partial charge is 0.369 e. The molecule has 10 heteroatoms. The Kier molecular flexibility index (Phi) is 5.61. The number of piperidine rings is 1. The summed E-state index contributed by atoms with van der Waals surface area (Å²) < 4.78 is 14.6. The monoisotopic (exact) mass is 424 g/mol. The maximum Gasteiger partial charge on any atom is 0.261 e. The number of nitrogens with zero attached hydrogens (tertiary/aromatic N) is 4. The maximum absolute atomic E-state index is 13.4. The van der Waals surface area contributed by atoms with Gasteiger partial charge < -0.3 is 16.0 Å². The van der Waals surface area contributed by atoms with E-state index in [0.717, 1.165) is 30.0 Å². The number of aromatic nitrogens is 3. The highest BCUT2D eigenvalue weighted by Gasteiger charge is 2.24. The molecule has 31 heavy (non-hydrogen) atoms. The molecule has 0 aliphatic carbocycles. The zero-order valence-electron chi connectivity index (χ0n) is 16.6. The van der Waals surface area contributed by atoms with Gasteiger partial charge in [-0.2, -0.15) is 0 Å². The highest BCUT2D eigenvalue weighted by Crippen LogP contribution is 2.22. The normalized spacial score (nSPS) is 16.3. The molecule has 2 aromatic heterocycles. The van der Waals surface area contributed by atoms with Crippen LogP contribution in [0.5, 0.6) is 0 Å². The van der Waals surface area contributed by atoms with Gasteiger partial charge in [0.25, 0.3) is 5.56 Å². The van der Waals surface area contributed by atoms with Gasteiger partial charge >= 0.3 is 0 Å². The summed E-state index contributed by atoms with van der Waals surface area (Å²) in [4.78, 5) is 46.8. The van der Waals surface area contributed by atoms with E-state index in [1.54, 1.807) is 12.1 Å². The van der Waals surface area contributed by atoms with Crippen LogP contribution in [-0.2, 0) is 16.1 Å². The van der Waals surface area contributed by atoms with Crippen LogP contribution in [0, 0.1) is 11.7 Å². The number of pyridine rings is 1. The number of carbonyl (C=O) groups is 2. The lowest BCUT2D eigenvalue weighted by Gasteiger charge is -2.32. The topological polar surface area (TPSA) is 123 Å². The van der Waals surface area contributed by atoms with Gasteiger partial charge in [0.05, 0.1) is 35.0 Å². The number of primary amides is 1. The number of hydrogen-bond acceptors (Lipinski definition) is 6. The fraction of sp³-hybridized carbons (Fsp3) is 0.286. The molecule has 1 atom stereocenters. The van der Waals surface area contributed by atoms with E-state index >= 15 is 0 Å². The van der Waals surface area contributed by atoms with Gasteiger partial charge in [0.15, 0.2) is 0 Å². The van der Waals surface area contributed by atoms with Crippen molar-refractivity contribution in [2.45, 2.75) is 19.4 Å². The van der Waals surface area contributed by atoms with E-state index in [4.69, 9.17) is 5.73 Å². The molecule has 3 aromatic rings. The zero-order valence-corrected chi connectivity index (χ0v) is 16.6. The van der Waals surface area contributed by atoms with Crippen molar-refractivity contribution in [3.8, 4) is 0 Å². The number of rotatable bonds is 5. The average molecular weight is 424 g/mol. The van der Waals surface area contributed by atoms with Gasteiger partial charge in [0, 0.05) is 13.1 Å². The molecule has 1 saturated heterocycles. The Bertz CT molecular complexity index is 1190. The fourth-order valence-electron chi connectivity index (χ4n) is 3.66. The predicted octanol–water partition coefficient (Wildman–Crippen LogP) is 1.27. The number of anilines is 2. The lowest BCUT2D eigenvalue weighted by Crippen LogP contribution is -2.41. The minimum absolute atomic E-state index is 0.108. The van der Waals surface area contributed by atoms with Crippen LogP contribution >= 0.6 is 0 Å². The van der Waals surface area contributed by atoms with Crippen LogP contribution in [0.3, 0.4) is 0 Å². The minimum Gasteiger partial charge on any atom is -0.369 e. The first kappa shape index (κ1) is 20.5. The van der Waals surface area contributed by atoms with Crippen molar-refractivity contribution in [3.05, 3.63) is 59.0 Å². The Morgan fingerprint density at radius 3 is 2.81 bits per heavy atom. The van der Waals surface area contributed by atoms with Crippen LogP contribution in [0.2, 0.25) is 0 Å². The Balaban J connectivity index is 1.42. The highest BCUT2D eigenvalue weighted by molar-refractivity contribution is 5.90. The van der Waals surface area contributed by atoms with Crippen LogP contribution in [-0.4, -0.2) is 39.4 Å². The second-order valence-corrected chi connectivity index (χ2v) is 7.48. The predicted molar refractivity (Wildman–Crippen MR) is 113 cm³/mol. The zero-order chi connectivity index (χ0) is 22.0. The molecule has 160 valence electrons. The molecule has 0 spiro atoms. The van der Waals surface area contributed by atoms with Crippen molar-refractivity contribution < 1.29 is 14.0 Å². The van der Waals surface area contributed by atoms with Gasteiger partial charge in [-0.15, -0.1) is 0 Å². The van der Waals surface area contributed by atoms with Crippen LogP contribution < -0.4 is 21.5 Å². The molecule has 1 fully saturated rings. The van der Waals surface area contributed by atoms with Crippen LogP contribution in [0.4, 0.5) is 15.9 Å². The number of amides is 2. The first-order valence-corrected chi connectivity index (χ1v) is 9.85. The third kappa shape index (κ3) is 4.52. The van der Waals surface area contributed by atoms with Crippen molar-refractivity contribution in [1.29, 1.82) is 0 Å². The van der Waals surface area contributed by atoms with E-state index < -0.39 is 17.3 Å². The Morgan fingerprint density at radius 2 is 2.06 bits per heavy atom. The smallest absolute Gasteiger partial charge is 0.261 e. The van der Waals surface area contributed by atoms with Crippen LogP contribution in [0.1, 0.15) is 12.8 Å². The van der Waals surface area contributed by atoms with E-state index in [0.29, 0.717) is 23.6 Å². The van der Waals surface area contributed by atoms with E-state index in [1.165, 1.54) is 24.7 Å². The Labute approximate surface area is 176 Å². The summed E-state index contributed by atoms with van der Waals surface area (Å²) in [5, 5.41) is 2.79. The van der Waals surface area contributed by atoms with Gasteiger partial charge in [-0.3, -0.25) is 19.0 Å². The van der Waals surface area contributed by atoms with Gasteiger partial charge in [-0.25, -0.2) is 14.4 Å². The summed E-state index contributed by atoms with van der Waals surface area (Å²) in [5.41, 5.74) is 5.74. The second-order valence-electron chi connectivity index (χ2n) is 7.48. The number of hydrogen-bond donors (Lipinski definition) is 2. The molecular weight excluding hydrogens is 403 g/mol. The van der Waals surface area contributed by atoms with E-state index in [1.807, 2.05) is 4.90 Å². The van der Waals surface area contributed by atoms with Gasteiger partial charge in [-0.1, -0.05) is 0 Å². The Hall–Kier alpha value is -3.82. The van der Waals surface area contributed by atoms with Gasteiger partial charge in [0.1, 0.15) is 18.2 Å². The van der Waals surface area contributed by atoms with Crippen LogP contribution in [0.15, 0.2) is 47.7 Å². The molecule has 9 nitrogen and oxygen atoms in total. The molecule has 2 amide bonds. The number of benzene rings is 1. The number of nitrogens with one attached hydrogen (secondary N) is 1. The highest BCUT2D eigenvalue weighted by atomic mass is 19.1. The molecular formula is C21H21FN6O3. The number of carbonyl (C=O) groups excluding carboxylic acids is 2. The fourth-order valence-corrected chi connectivity index (χ4v) is 3.66. The third-order valence-corrected chi connectivity index (χ3v) is 5.28. The van der Waals surface area contributed by atoms with Crippen molar-refractivity contribution in [3.63, 3.8) is 0 Å². The standard InChI is InChI=1S/C21H21FN6O3/c22-14-3-5-17-16(8-14)21(31)28(12-25-17)11-19(29)26-15-4-6-18(24-9-15)27-7-1-2-13(10-27)20(23)30/h3-6,8-9,12-13H,1-2,7,10-11H2,(H2,23,30)(H,26,29). The molecule has 1 unspecified atom stereocenters. The molecule has 3 heterocycles. The summed E-state index contributed by atoms with van der Waals surface area (Å²) in [6.45, 7) is 1.03. The lowest BCUT2D eigenvalue weighted by molar-refractivity contribution is -0.122. The summed E-state index contributed by atoms with van der Waals surface area (Å²) in [5.74, 6) is -0.801. The SMILES string of the molecule is NC(=O)C1CCCN(c2ccc(NC(=O)Cn3cnc4ccc(F)cc4c3=O)cn2)C1. The molecule has 1 aliphatic heterocycles. The maximum atomic E-state index is 13.4. The van der Waals surface area contributed by atoms with Crippen LogP contribution in [0.25, 0.3) is 10.9 Å². The molecule has 0 bridgehead atoms. The summed E-state index contributed by atoms with van der Waals surface area (Å²) in [6.07, 6.45) is 4.40. The van der Waals surface area contributed by atoms with Gasteiger partial charge in [-0.05, 0) is 43.2 Å². The summed E-state index contributed by atoms with van der Waals surface area (Å²) >= 11 is 0. The van der Waals surface area contributed by atoms with E-state index in [2.05, 4.69) is 15.3 Å². The molecule has 1 aliphatic rings. The number of halogens is 1. The van der Waals surface area contributed by atoms with Gasteiger partial charge in [0.2, 0.25) is 11.8 Å². The first-order valence-electron chi connectivity index (χ1n) is 9.85. The number of fused-ring (bicyclic) bond motifs is 1. The average Bonchev–Trinajstić information content (AvgIpc) is 2.76.